The molecule has 0 radical (unpaired) electrons. The van der Waals surface area contributed by atoms with Crippen LogP contribution in [0.4, 0.5) is 4.79 Å². The highest BCUT2D eigenvalue weighted by Gasteiger charge is 2.33. The van der Waals surface area contributed by atoms with Crippen molar-refractivity contribution in [1.82, 2.24) is 10.2 Å². The third-order valence-corrected chi connectivity index (χ3v) is 4.62. The Morgan fingerprint density at radius 1 is 1.05 bits per heavy atom. The van der Waals surface area contributed by atoms with Gasteiger partial charge in [0.05, 0.1) is 0 Å². The molecule has 0 spiro atoms. The molecule has 1 heterocycles. The lowest BCUT2D eigenvalue weighted by atomic mass is 9.75. The van der Waals surface area contributed by atoms with Crippen LogP contribution in [0.3, 0.4) is 0 Å². The van der Waals surface area contributed by atoms with E-state index in [0.717, 1.165) is 25.4 Å². The molecular formula is C15H24N2O4. The summed E-state index contributed by atoms with van der Waals surface area (Å²) in [6, 6.07) is -0.320. The zero-order valence-corrected chi connectivity index (χ0v) is 12.3. The van der Waals surface area contributed by atoms with Crippen LogP contribution >= 0.6 is 0 Å². The molecule has 6 heteroatoms. The normalized spacial score (nSPS) is 25.0. The van der Waals surface area contributed by atoms with E-state index in [9.17, 15) is 14.4 Å². The van der Waals surface area contributed by atoms with Gasteiger partial charge in [-0.3, -0.25) is 14.9 Å². The second-order valence-electron chi connectivity index (χ2n) is 6.14. The monoisotopic (exact) mass is 296 g/mol. The maximum atomic E-state index is 12.1. The van der Waals surface area contributed by atoms with Crippen molar-refractivity contribution in [2.75, 3.05) is 13.1 Å². The predicted molar refractivity (Wildman–Crippen MR) is 76.7 cm³/mol. The number of amides is 3. The van der Waals surface area contributed by atoms with E-state index < -0.39 is 5.97 Å². The first kappa shape index (κ1) is 15.8. The minimum Gasteiger partial charge on any atom is -0.481 e. The van der Waals surface area contributed by atoms with Crippen molar-refractivity contribution in [2.24, 2.45) is 11.8 Å². The molecule has 1 saturated heterocycles. The van der Waals surface area contributed by atoms with Crippen LogP contribution in [0.25, 0.3) is 0 Å². The van der Waals surface area contributed by atoms with E-state index in [4.69, 9.17) is 5.11 Å². The van der Waals surface area contributed by atoms with Gasteiger partial charge in [-0.25, -0.2) is 4.79 Å². The molecule has 0 aromatic heterocycles. The molecule has 2 aliphatic rings. The number of imide groups is 1. The molecule has 2 rings (SSSR count). The van der Waals surface area contributed by atoms with Gasteiger partial charge in [0.15, 0.2) is 0 Å². The molecule has 0 aromatic carbocycles. The Hall–Kier alpha value is -1.59. The topological polar surface area (TPSA) is 86.7 Å². The quantitative estimate of drug-likeness (QED) is 0.830. The molecule has 1 aliphatic heterocycles. The van der Waals surface area contributed by atoms with Crippen LogP contribution in [-0.2, 0) is 9.59 Å². The smallest absolute Gasteiger partial charge is 0.324 e. The average molecular weight is 296 g/mol. The molecule has 21 heavy (non-hydrogen) atoms. The Morgan fingerprint density at radius 3 is 2.48 bits per heavy atom. The van der Waals surface area contributed by atoms with E-state index in [1.54, 1.807) is 4.90 Å². The maximum absolute atomic E-state index is 12.1. The number of piperidine rings is 1. The molecule has 1 aliphatic carbocycles. The van der Waals surface area contributed by atoms with Crippen molar-refractivity contribution in [2.45, 2.75) is 51.4 Å². The van der Waals surface area contributed by atoms with Crippen LogP contribution in [0.15, 0.2) is 0 Å². The lowest BCUT2D eigenvalue weighted by Crippen LogP contribution is -2.50. The van der Waals surface area contributed by atoms with Gasteiger partial charge in [-0.05, 0) is 31.1 Å². The fourth-order valence-electron chi connectivity index (χ4n) is 3.45. The maximum Gasteiger partial charge on any atom is 0.324 e. The number of rotatable bonds is 4. The molecule has 0 aromatic rings. The lowest BCUT2D eigenvalue weighted by Gasteiger charge is -2.41. The largest absolute Gasteiger partial charge is 0.481 e. The second-order valence-corrected chi connectivity index (χ2v) is 6.14. The van der Waals surface area contributed by atoms with Gasteiger partial charge in [-0.2, -0.15) is 0 Å². The highest BCUT2D eigenvalue weighted by Crippen LogP contribution is 2.35. The minimum atomic E-state index is -0.923. The van der Waals surface area contributed by atoms with E-state index in [0.29, 0.717) is 5.92 Å². The Balaban J connectivity index is 1.73. The van der Waals surface area contributed by atoms with Gasteiger partial charge in [-0.1, -0.05) is 19.3 Å². The number of carbonyl (C=O) groups excluding carboxylic acids is 2. The Kier molecular flexibility index (Phi) is 5.59. The van der Waals surface area contributed by atoms with Gasteiger partial charge in [0, 0.05) is 25.9 Å². The third kappa shape index (κ3) is 4.72. The van der Waals surface area contributed by atoms with E-state index in [1.807, 2.05) is 0 Å². The van der Waals surface area contributed by atoms with Crippen molar-refractivity contribution in [3.8, 4) is 0 Å². The van der Waals surface area contributed by atoms with Crippen molar-refractivity contribution in [1.29, 1.82) is 0 Å². The number of carboxylic acid groups (broad SMARTS) is 1. The number of nitrogens with one attached hydrogen (secondary N) is 1. The Morgan fingerprint density at radius 2 is 1.76 bits per heavy atom. The van der Waals surface area contributed by atoms with Crippen molar-refractivity contribution >= 4 is 17.9 Å². The third-order valence-electron chi connectivity index (χ3n) is 4.62. The van der Waals surface area contributed by atoms with Crippen molar-refractivity contribution < 1.29 is 19.5 Å². The van der Waals surface area contributed by atoms with Gasteiger partial charge >= 0.3 is 12.0 Å². The highest BCUT2D eigenvalue weighted by molar-refractivity contribution is 5.94. The predicted octanol–water partition coefficient (Wildman–Crippen LogP) is 1.99. The molecular weight excluding hydrogens is 272 g/mol. The van der Waals surface area contributed by atoms with Crippen molar-refractivity contribution in [3.05, 3.63) is 0 Å². The molecule has 3 amide bonds. The van der Waals surface area contributed by atoms with Crippen LogP contribution in [0, 0.1) is 11.8 Å². The standard InChI is InChI=1S/C15H24N2O4/c18-13(6-3-7-14(19)20)16-15(21)17-9-8-11-4-1-2-5-12(11)10-17/h11-12H,1-10H2,(H,19,20)(H,16,18,21). The molecule has 1 saturated carbocycles. The number of carbonyl (C=O) groups is 3. The number of fused-ring (bicyclic) bond motifs is 1. The highest BCUT2D eigenvalue weighted by atomic mass is 16.4. The summed E-state index contributed by atoms with van der Waals surface area (Å²) in [5.41, 5.74) is 0. The van der Waals surface area contributed by atoms with Gasteiger partial charge < -0.3 is 10.0 Å². The lowest BCUT2D eigenvalue weighted by molar-refractivity contribution is -0.137. The average Bonchev–Trinajstić information content (AvgIpc) is 2.46. The summed E-state index contributed by atoms with van der Waals surface area (Å²) in [5.74, 6) is 0.0231. The van der Waals surface area contributed by atoms with Crippen LogP contribution in [-0.4, -0.2) is 41.0 Å². The molecule has 6 nitrogen and oxygen atoms in total. The fourth-order valence-corrected chi connectivity index (χ4v) is 3.45. The number of hydrogen-bond acceptors (Lipinski definition) is 3. The fraction of sp³-hybridized carbons (Fsp3) is 0.800. The van der Waals surface area contributed by atoms with Gasteiger partial charge in [0.2, 0.25) is 5.91 Å². The summed E-state index contributed by atoms with van der Waals surface area (Å²) in [5, 5.41) is 10.9. The van der Waals surface area contributed by atoms with E-state index >= 15 is 0 Å². The van der Waals surface area contributed by atoms with Gasteiger partial charge in [0.25, 0.3) is 0 Å². The van der Waals surface area contributed by atoms with Crippen LogP contribution < -0.4 is 5.32 Å². The second kappa shape index (κ2) is 7.43. The van der Waals surface area contributed by atoms with Crippen molar-refractivity contribution in [3.63, 3.8) is 0 Å². The summed E-state index contributed by atoms with van der Waals surface area (Å²) in [4.78, 5) is 35.8. The van der Waals surface area contributed by atoms with Crippen LogP contribution in [0.5, 0.6) is 0 Å². The summed E-state index contributed by atoms with van der Waals surface area (Å²) in [7, 11) is 0. The van der Waals surface area contributed by atoms with Crippen LogP contribution in [0.1, 0.15) is 51.4 Å². The summed E-state index contributed by atoms with van der Waals surface area (Å²) >= 11 is 0. The van der Waals surface area contributed by atoms with Gasteiger partial charge in [0.1, 0.15) is 0 Å². The first-order valence-electron chi connectivity index (χ1n) is 7.87. The molecule has 2 fully saturated rings. The molecule has 2 N–H and O–H groups in total. The minimum absolute atomic E-state index is 0.0465. The van der Waals surface area contributed by atoms with E-state index in [-0.39, 0.29) is 31.2 Å². The zero-order chi connectivity index (χ0) is 15.2. The molecule has 118 valence electrons. The summed E-state index contributed by atoms with van der Waals surface area (Å²) in [6.45, 7) is 1.47. The van der Waals surface area contributed by atoms with E-state index in [1.165, 1.54) is 25.7 Å². The molecule has 0 bridgehead atoms. The number of likely N-dealkylation sites (tertiary alicyclic amines) is 1. The van der Waals surface area contributed by atoms with Crippen LogP contribution in [0.2, 0.25) is 0 Å². The Labute approximate surface area is 124 Å². The molecule has 2 unspecified atom stereocenters. The first-order valence-corrected chi connectivity index (χ1v) is 7.87. The number of nitrogens with zero attached hydrogens (tertiary/aromatic N) is 1. The SMILES string of the molecule is O=C(O)CCCC(=O)NC(=O)N1CCC2CCCCC2C1. The molecule has 2 atom stereocenters. The number of carboxylic acids is 1. The number of hydrogen-bond donors (Lipinski definition) is 2. The zero-order valence-electron chi connectivity index (χ0n) is 12.3. The number of aliphatic carboxylic acids is 1. The van der Waals surface area contributed by atoms with E-state index in [2.05, 4.69) is 5.32 Å². The Bertz CT molecular complexity index is 410. The summed E-state index contributed by atoms with van der Waals surface area (Å²) < 4.78 is 0. The number of urea groups is 1. The summed E-state index contributed by atoms with van der Waals surface area (Å²) in [6.07, 6.45) is 6.33. The van der Waals surface area contributed by atoms with Gasteiger partial charge in [-0.15, -0.1) is 0 Å². The first-order chi connectivity index (χ1) is 10.1.